The van der Waals surface area contributed by atoms with E-state index in [4.69, 9.17) is 5.11 Å². The van der Waals surface area contributed by atoms with Crippen LogP contribution in [0.1, 0.15) is 36.8 Å². The fraction of sp³-hybridized carbons (Fsp3) is 0.462. The zero-order chi connectivity index (χ0) is 11.9. The van der Waals surface area contributed by atoms with Crippen molar-refractivity contribution in [3.63, 3.8) is 0 Å². The highest BCUT2D eigenvalue weighted by Gasteiger charge is 2.31. The molecule has 0 saturated carbocycles. The number of benzene rings is 1. The van der Waals surface area contributed by atoms with Crippen molar-refractivity contribution < 1.29 is 9.90 Å². The third-order valence-electron chi connectivity index (χ3n) is 3.26. The van der Waals surface area contributed by atoms with Gasteiger partial charge >= 0.3 is 5.97 Å². The van der Waals surface area contributed by atoms with Crippen LogP contribution in [0, 0.1) is 0 Å². The van der Waals surface area contributed by atoms with E-state index in [1.54, 1.807) is 0 Å². The van der Waals surface area contributed by atoms with E-state index in [1.807, 2.05) is 24.1 Å². The largest absolute Gasteiger partial charge is 0.481 e. The Hall–Kier alpha value is -1.51. The first kappa shape index (κ1) is 11.0. The number of rotatable bonds is 2. The molecule has 0 bridgehead atoms. The number of fused-ring (bicyclic) bond motifs is 1. The van der Waals surface area contributed by atoms with E-state index in [1.165, 1.54) is 5.56 Å². The highest BCUT2D eigenvalue weighted by Crippen LogP contribution is 2.37. The molecule has 0 spiro atoms. The number of anilines is 1. The molecule has 0 amide bonds. The van der Waals surface area contributed by atoms with E-state index in [-0.39, 0.29) is 5.92 Å². The third-order valence-corrected chi connectivity index (χ3v) is 3.26. The summed E-state index contributed by atoms with van der Waals surface area (Å²) in [7, 11) is 1.95. The molecule has 1 unspecified atom stereocenters. The highest BCUT2D eigenvalue weighted by molar-refractivity contribution is 5.83. The second kappa shape index (κ2) is 3.81. The van der Waals surface area contributed by atoms with E-state index in [0.29, 0.717) is 12.5 Å². The Labute approximate surface area is 95.7 Å². The van der Waals surface area contributed by atoms with Crippen molar-refractivity contribution >= 4 is 11.7 Å². The van der Waals surface area contributed by atoms with Crippen LogP contribution < -0.4 is 4.90 Å². The van der Waals surface area contributed by atoms with Gasteiger partial charge in [0.05, 0.1) is 0 Å². The minimum Gasteiger partial charge on any atom is -0.481 e. The van der Waals surface area contributed by atoms with Crippen LogP contribution in [-0.4, -0.2) is 24.7 Å². The SMILES string of the molecule is CC(C)c1ccc2c(c1)N(C)CC2C(=O)O. The number of hydrogen-bond donors (Lipinski definition) is 1. The van der Waals surface area contributed by atoms with Gasteiger partial charge in [0, 0.05) is 19.3 Å². The molecule has 3 nitrogen and oxygen atoms in total. The third kappa shape index (κ3) is 1.66. The fourth-order valence-electron chi connectivity index (χ4n) is 2.23. The smallest absolute Gasteiger partial charge is 0.312 e. The predicted octanol–water partition coefficient (Wildman–Crippen LogP) is 2.43. The molecular formula is C13H17NO2. The maximum atomic E-state index is 11.1. The molecule has 2 rings (SSSR count). The summed E-state index contributed by atoms with van der Waals surface area (Å²) in [6.45, 7) is 4.86. The van der Waals surface area contributed by atoms with Crippen molar-refractivity contribution in [2.75, 3.05) is 18.5 Å². The van der Waals surface area contributed by atoms with Gasteiger partial charge in [0.2, 0.25) is 0 Å². The molecule has 1 aliphatic rings. The van der Waals surface area contributed by atoms with Gasteiger partial charge in [-0.25, -0.2) is 0 Å². The van der Waals surface area contributed by atoms with E-state index in [2.05, 4.69) is 19.9 Å². The molecule has 1 heterocycles. The number of carbonyl (C=O) groups is 1. The normalized spacial score (nSPS) is 19.0. The topological polar surface area (TPSA) is 40.5 Å². The van der Waals surface area contributed by atoms with Crippen LogP contribution in [0.3, 0.4) is 0 Å². The van der Waals surface area contributed by atoms with Crippen LogP contribution in [0.4, 0.5) is 5.69 Å². The average Bonchev–Trinajstić information content (AvgIpc) is 2.56. The van der Waals surface area contributed by atoms with Crippen LogP contribution >= 0.6 is 0 Å². The zero-order valence-corrected chi connectivity index (χ0v) is 9.90. The molecule has 3 heteroatoms. The number of aliphatic carboxylic acids is 1. The molecule has 1 N–H and O–H groups in total. The van der Waals surface area contributed by atoms with Gasteiger partial charge in [0.1, 0.15) is 5.92 Å². The Morgan fingerprint density at radius 1 is 1.50 bits per heavy atom. The second-order valence-electron chi connectivity index (χ2n) is 4.74. The first-order valence-electron chi connectivity index (χ1n) is 5.58. The number of carboxylic acids is 1. The summed E-state index contributed by atoms with van der Waals surface area (Å²) in [5.74, 6) is -0.633. The fourth-order valence-corrected chi connectivity index (χ4v) is 2.23. The molecule has 0 radical (unpaired) electrons. The first-order valence-corrected chi connectivity index (χ1v) is 5.58. The number of likely N-dealkylation sites (N-methyl/N-ethyl adjacent to an activating group) is 1. The maximum absolute atomic E-state index is 11.1. The summed E-state index contributed by atoms with van der Waals surface area (Å²) >= 11 is 0. The Morgan fingerprint density at radius 2 is 2.19 bits per heavy atom. The van der Waals surface area contributed by atoms with Crippen molar-refractivity contribution in [2.45, 2.75) is 25.7 Å². The summed E-state index contributed by atoms with van der Waals surface area (Å²) in [5, 5.41) is 9.13. The summed E-state index contributed by atoms with van der Waals surface area (Å²) in [6, 6.07) is 6.12. The summed E-state index contributed by atoms with van der Waals surface area (Å²) < 4.78 is 0. The molecule has 16 heavy (non-hydrogen) atoms. The van der Waals surface area contributed by atoms with Crippen molar-refractivity contribution in [2.24, 2.45) is 0 Å². The minimum absolute atomic E-state index is 0.374. The lowest BCUT2D eigenvalue weighted by atomic mass is 9.96. The molecule has 1 aromatic carbocycles. The number of nitrogens with zero attached hydrogens (tertiary/aromatic N) is 1. The van der Waals surface area contributed by atoms with Crippen molar-refractivity contribution in [1.82, 2.24) is 0 Å². The standard InChI is InChI=1S/C13H17NO2/c1-8(2)9-4-5-10-11(13(15)16)7-14(3)12(10)6-9/h4-6,8,11H,7H2,1-3H3,(H,15,16). The van der Waals surface area contributed by atoms with Gasteiger partial charge < -0.3 is 10.0 Å². The van der Waals surface area contributed by atoms with Gasteiger partial charge in [0.15, 0.2) is 0 Å². The molecule has 1 aromatic rings. The van der Waals surface area contributed by atoms with Crippen LogP contribution in [0.5, 0.6) is 0 Å². The number of carboxylic acid groups (broad SMARTS) is 1. The predicted molar refractivity (Wildman–Crippen MR) is 64.2 cm³/mol. The van der Waals surface area contributed by atoms with E-state index in [9.17, 15) is 4.79 Å². The Kier molecular flexibility index (Phi) is 2.62. The average molecular weight is 219 g/mol. The summed E-state index contributed by atoms with van der Waals surface area (Å²) in [4.78, 5) is 13.1. The van der Waals surface area contributed by atoms with Crippen LogP contribution in [0.2, 0.25) is 0 Å². The number of hydrogen-bond acceptors (Lipinski definition) is 2. The van der Waals surface area contributed by atoms with Gasteiger partial charge in [-0.2, -0.15) is 0 Å². The first-order chi connectivity index (χ1) is 7.50. The second-order valence-corrected chi connectivity index (χ2v) is 4.74. The minimum atomic E-state index is -0.733. The lowest BCUT2D eigenvalue weighted by Gasteiger charge is -2.14. The Balaban J connectivity index is 2.45. The molecule has 0 aliphatic carbocycles. The van der Waals surface area contributed by atoms with Gasteiger partial charge in [0.25, 0.3) is 0 Å². The maximum Gasteiger partial charge on any atom is 0.312 e. The van der Waals surface area contributed by atoms with Crippen molar-refractivity contribution in [3.8, 4) is 0 Å². The van der Waals surface area contributed by atoms with Crippen LogP contribution in [0.15, 0.2) is 18.2 Å². The lowest BCUT2D eigenvalue weighted by molar-refractivity contribution is -0.138. The molecular weight excluding hydrogens is 202 g/mol. The van der Waals surface area contributed by atoms with Crippen LogP contribution in [-0.2, 0) is 4.79 Å². The molecule has 86 valence electrons. The quantitative estimate of drug-likeness (QED) is 0.830. The van der Waals surface area contributed by atoms with Crippen molar-refractivity contribution in [3.05, 3.63) is 29.3 Å². The van der Waals surface area contributed by atoms with Gasteiger partial charge in [-0.05, 0) is 23.1 Å². The zero-order valence-electron chi connectivity index (χ0n) is 9.90. The molecule has 0 fully saturated rings. The van der Waals surface area contributed by atoms with Gasteiger partial charge in [-0.1, -0.05) is 26.0 Å². The molecule has 1 aliphatic heterocycles. The van der Waals surface area contributed by atoms with E-state index >= 15 is 0 Å². The highest BCUT2D eigenvalue weighted by atomic mass is 16.4. The summed E-state index contributed by atoms with van der Waals surface area (Å²) in [6.07, 6.45) is 0. The Morgan fingerprint density at radius 3 is 2.75 bits per heavy atom. The van der Waals surface area contributed by atoms with Gasteiger partial charge in [-0.3, -0.25) is 4.79 Å². The van der Waals surface area contributed by atoms with Crippen LogP contribution in [0.25, 0.3) is 0 Å². The van der Waals surface area contributed by atoms with E-state index in [0.717, 1.165) is 11.3 Å². The molecule has 0 saturated heterocycles. The lowest BCUT2D eigenvalue weighted by Crippen LogP contribution is -2.19. The van der Waals surface area contributed by atoms with Gasteiger partial charge in [-0.15, -0.1) is 0 Å². The van der Waals surface area contributed by atoms with E-state index < -0.39 is 5.97 Å². The molecule has 0 aromatic heterocycles. The summed E-state index contributed by atoms with van der Waals surface area (Å²) in [5.41, 5.74) is 3.27. The monoisotopic (exact) mass is 219 g/mol. The Bertz CT molecular complexity index is 426. The van der Waals surface area contributed by atoms with Crippen molar-refractivity contribution in [1.29, 1.82) is 0 Å². The molecule has 1 atom stereocenters.